The van der Waals surface area contributed by atoms with Gasteiger partial charge in [-0.1, -0.05) is 59.7 Å². The third-order valence-corrected chi connectivity index (χ3v) is 6.60. The lowest BCUT2D eigenvalue weighted by molar-refractivity contribution is -0.277. The molecule has 0 saturated carbocycles. The van der Waals surface area contributed by atoms with Gasteiger partial charge in [-0.2, -0.15) is 0 Å². The van der Waals surface area contributed by atoms with Gasteiger partial charge in [0.2, 0.25) is 6.29 Å². The number of aromatic nitrogens is 2. The molecule has 1 aliphatic heterocycles. The van der Waals surface area contributed by atoms with E-state index < -0.39 is 37.3 Å². The second-order valence-electron chi connectivity index (χ2n) is 9.38. The van der Waals surface area contributed by atoms with E-state index in [0.29, 0.717) is 11.6 Å². The van der Waals surface area contributed by atoms with Crippen LogP contribution in [0.4, 0.5) is 0 Å². The van der Waals surface area contributed by atoms with Crippen molar-refractivity contribution in [1.29, 1.82) is 0 Å². The average Bonchev–Trinajstić information content (AvgIpc) is 3.35. The number of imidazole rings is 1. The van der Waals surface area contributed by atoms with Crippen molar-refractivity contribution in [3.8, 4) is 39.7 Å². The van der Waals surface area contributed by atoms with E-state index in [4.69, 9.17) is 14.5 Å². The summed E-state index contributed by atoms with van der Waals surface area (Å²) in [5.41, 5.74) is 6.98. The molecule has 0 spiro atoms. The highest BCUT2D eigenvalue weighted by molar-refractivity contribution is 5.81. The van der Waals surface area contributed by atoms with Gasteiger partial charge < -0.3 is 34.9 Å². The Morgan fingerprint density at radius 1 is 0.757 bits per heavy atom. The molecule has 3 aromatic carbocycles. The van der Waals surface area contributed by atoms with Gasteiger partial charge in [-0.05, 0) is 38.1 Å². The lowest BCUT2D eigenvalue weighted by Crippen LogP contribution is -2.60. The third-order valence-electron chi connectivity index (χ3n) is 6.60. The number of aliphatic hydroxyl groups is 4. The highest BCUT2D eigenvalue weighted by Crippen LogP contribution is 2.34. The normalized spacial score (nSPS) is 23.7. The molecule has 0 radical (unpaired) electrons. The molecule has 2 heterocycles. The highest BCUT2D eigenvalue weighted by atomic mass is 16.7. The first-order valence-corrected chi connectivity index (χ1v) is 12.2. The predicted molar refractivity (Wildman–Crippen MR) is 139 cm³/mol. The Kier molecular flexibility index (Phi) is 7.10. The molecule has 5 N–H and O–H groups in total. The van der Waals surface area contributed by atoms with Crippen LogP contribution in [0.25, 0.3) is 33.9 Å². The first-order valence-electron chi connectivity index (χ1n) is 12.2. The predicted octanol–water partition coefficient (Wildman–Crippen LogP) is 3.21. The molecular formula is C29H30N2O6. The molecule has 0 amide bonds. The summed E-state index contributed by atoms with van der Waals surface area (Å²) >= 11 is 0. The van der Waals surface area contributed by atoms with Gasteiger partial charge in [0.25, 0.3) is 0 Å². The van der Waals surface area contributed by atoms with Gasteiger partial charge in [0.15, 0.2) is 0 Å². The molecule has 192 valence electrons. The molecule has 1 aromatic heterocycles. The summed E-state index contributed by atoms with van der Waals surface area (Å²) in [7, 11) is 0. The Balaban J connectivity index is 1.43. The molecule has 0 bridgehead atoms. The Morgan fingerprint density at radius 3 is 1.92 bits per heavy atom. The summed E-state index contributed by atoms with van der Waals surface area (Å²) in [5, 5.41) is 39.6. The lowest BCUT2D eigenvalue weighted by Gasteiger charge is -2.39. The average molecular weight is 503 g/mol. The number of rotatable bonds is 6. The van der Waals surface area contributed by atoms with E-state index in [9.17, 15) is 20.4 Å². The van der Waals surface area contributed by atoms with Crippen LogP contribution in [-0.2, 0) is 4.74 Å². The fraction of sp³-hybridized carbons (Fsp3) is 0.276. The number of aryl methyl sites for hydroxylation is 2. The first kappa shape index (κ1) is 25.1. The molecule has 5 rings (SSSR count). The topological polar surface area (TPSA) is 128 Å². The molecule has 8 nitrogen and oxygen atoms in total. The summed E-state index contributed by atoms with van der Waals surface area (Å²) < 4.78 is 11.1. The van der Waals surface area contributed by atoms with E-state index in [0.717, 1.165) is 28.1 Å². The first-order chi connectivity index (χ1) is 17.8. The summed E-state index contributed by atoms with van der Waals surface area (Å²) in [6.07, 6.45) is -6.69. The molecule has 5 atom stereocenters. The highest BCUT2D eigenvalue weighted by Gasteiger charge is 2.44. The fourth-order valence-electron chi connectivity index (χ4n) is 4.35. The maximum Gasteiger partial charge on any atom is 0.229 e. The number of aliphatic hydroxyl groups excluding tert-OH is 4. The minimum absolute atomic E-state index is 0.386. The SMILES string of the molecule is Cc1ccc(-c2nc(-c3ccc(OC4OC(CO)C(O)C(O)C4O)cc3)[nH]c2-c2ccc(C)cc2)cc1. The zero-order valence-electron chi connectivity index (χ0n) is 20.6. The van der Waals surface area contributed by atoms with Crippen LogP contribution in [0.15, 0.2) is 72.8 Å². The molecule has 8 heteroatoms. The Hall–Kier alpha value is -3.53. The standard InChI is InChI=1S/C29H30N2O6/c1-16-3-7-18(8-4-16)23-24(19-9-5-17(2)6-10-19)31-28(30-23)20-11-13-21(14-12-20)36-29-27(35)26(34)25(33)22(15-32)37-29/h3-14,22,25-27,29,32-35H,15H2,1-2H3,(H,30,31). The number of aromatic amines is 1. The van der Waals surface area contributed by atoms with Gasteiger partial charge in [0, 0.05) is 16.7 Å². The number of nitrogens with one attached hydrogen (secondary N) is 1. The van der Waals surface area contributed by atoms with E-state index in [2.05, 4.69) is 67.4 Å². The quantitative estimate of drug-likeness (QED) is 0.274. The second-order valence-corrected chi connectivity index (χ2v) is 9.38. The number of nitrogens with zero attached hydrogens (tertiary/aromatic N) is 1. The summed E-state index contributed by atoms with van der Waals surface area (Å²) in [5.74, 6) is 1.07. The summed E-state index contributed by atoms with van der Waals surface area (Å²) in [6.45, 7) is 3.58. The van der Waals surface area contributed by atoms with Gasteiger partial charge in [-0.25, -0.2) is 4.98 Å². The van der Waals surface area contributed by atoms with Crippen molar-refractivity contribution < 1.29 is 29.9 Å². The minimum Gasteiger partial charge on any atom is -0.462 e. The zero-order valence-corrected chi connectivity index (χ0v) is 20.6. The van der Waals surface area contributed by atoms with Gasteiger partial charge in [-0.15, -0.1) is 0 Å². The van der Waals surface area contributed by atoms with Crippen molar-refractivity contribution in [2.24, 2.45) is 0 Å². The molecule has 1 fully saturated rings. The number of hydrogen-bond acceptors (Lipinski definition) is 7. The lowest BCUT2D eigenvalue weighted by atomic mass is 9.99. The maximum absolute atomic E-state index is 10.2. The van der Waals surface area contributed by atoms with Crippen molar-refractivity contribution in [2.45, 2.75) is 44.6 Å². The number of H-pyrrole nitrogens is 1. The largest absolute Gasteiger partial charge is 0.462 e. The van der Waals surface area contributed by atoms with Crippen LogP contribution in [0.2, 0.25) is 0 Å². The van der Waals surface area contributed by atoms with E-state index in [1.165, 1.54) is 11.1 Å². The Bertz CT molecular complexity index is 1270. The number of ether oxygens (including phenoxy) is 2. The molecule has 0 aliphatic carbocycles. The van der Waals surface area contributed by atoms with Crippen LogP contribution < -0.4 is 4.74 Å². The minimum atomic E-state index is -1.50. The second kappa shape index (κ2) is 10.5. The van der Waals surface area contributed by atoms with Crippen molar-refractivity contribution in [2.75, 3.05) is 6.61 Å². The molecule has 5 unspecified atom stereocenters. The van der Waals surface area contributed by atoms with E-state index in [-0.39, 0.29) is 0 Å². The van der Waals surface area contributed by atoms with Crippen molar-refractivity contribution in [3.63, 3.8) is 0 Å². The van der Waals surface area contributed by atoms with Crippen LogP contribution in [0.1, 0.15) is 11.1 Å². The molecule has 1 saturated heterocycles. The Labute approximate surface area is 214 Å². The molecule has 1 aliphatic rings. The Morgan fingerprint density at radius 2 is 1.32 bits per heavy atom. The van der Waals surface area contributed by atoms with Gasteiger partial charge in [0.05, 0.1) is 18.0 Å². The van der Waals surface area contributed by atoms with Crippen LogP contribution >= 0.6 is 0 Å². The molecule has 37 heavy (non-hydrogen) atoms. The van der Waals surface area contributed by atoms with E-state index in [1.54, 1.807) is 12.1 Å². The van der Waals surface area contributed by atoms with Crippen LogP contribution in [0.5, 0.6) is 5.75 Å². The van der Waals surface area contributed by atoms with E-state index >= 15 is 0 Å². The molecular weight excluding hydrogens is 472 g/mol. The van der Waals surface area contributed by atoms with Crippen LogP contribution in [-0.4, -0.2) is 67.7 Å². The summed E-state index contributed by atoms with van der Waals surface area (Å²) in [4.78, 5) is 8.40. The monoisotopic (exact) mass is 502 g/mol. The smallest absolute Gasteiger partial charge is 0.229 e. The van der Waals surface area contributed by atoms with Crippen molar-refractivity contribution >= 4 is 0 Å². The van der Waals surface area contributed by atoms with Gasteiger partial charge in [-0.3, -0.25) is 0 Å². The van der Waals surface area contributed by atoms with Crippen LogP contribution in [0, 0.1) is 13.8 Å². The number of hydrogen-bond donors (Lipinski definition) is 5. The van der Waals surface area contributed by atoms with Crippen molar-refractivity contribution in [3.05, 3.63) is 83.9 Å². The third kappa shape index (κ3) is 5.16. The van der Waals surface area contributed by atoms with Crippen LogP contribution in [0.3, 0.4) is 0 Å². The van der Waals surface area contributed by atoms with Gasteiger partial charge in [0.1, 0.15) is 36.0 Å². The van der Waals surface area contributed by atoms with E-state index in [1.807, 2.05) is 12.1 Å². The van der Waals surface area contributed by atoms with Crippen molar-refractivity contribution in [1.82, 2.24) is 9.97 Å². The zero-order chi connectivity index (χ0) is 26.1. The number of benzene rings is 3. The summed E-state index contributed by atoms with van der Waals surface area (Å²) in [6, 6.07) is 23.6. The fourth-order valence-corrected chi connectivity index (χ4v) is 4.35. The van der Waals surface area contributed by atoms with Gasteiger partial charge >= 0.3 is 0 Å². The maximum atomic E-state index is 10.2. The molecule has 4 aromatic rings.